The minimum absolute atomic E-state index is 0. The average molecular weight is 193 g/mol. The third kappa shape index (κ3) is 7.43. The molecule has 0 spiro atoms. The lowest BCUT2D eigenvalue weighted by Gasteiger charge is -1.92. The molecule has 2 nitrogen and oxygen atoms in total. The molecule has 0 aromatic heterocycles. The molecule has 0 N–H and O–H groups in total. The van der Waals surface area contributed by atoms with E-state index in [4.69, 9.17) is 0 Å². The van der Waals surface area contributed by atoms with Crippen LogP contribution in [-0.4, -0.2) is 12.6 Å². The van der Waals surface area contributed by atoms with Gasteiger partial charge in [-0.2, -0.15) is 0 Å². The van der Waals surface area contributed by atoms with Crippen LogP contribution in [0, 0.1) is 0 Å². The average Bonchev–Trinajstić information content (AvgIpc) is 1.83. The SMILES string of the molecule is Br.C=CCOC(=O)C=C. The van der Waals surface area contributed by atoms with Gasteiger partial charge in [0.1, 0.15) is 6.61 Å². The fourth-order valence-electron chi connectivity index (χ4n) is 0.200. The van der Waals surface area contributed by atoms with Gasteiger partial charge in [-0.1, -0.05) is 19.2 Å². The number of carbonyl (C=O) groups excluding carboxylic acids is 1. The van der Waals surface area contributed by atoms with Crippen LogP contribution < -0.4 is 0 Å². The van der Waals surface area contributed by atoms with Crippen molar-refractivity contribution in [3.8, 4) is 0 Å². The summed E-state index contributed by atoms with van der Waals surface area (Å²) in [6, 6.07) is 0. The van der Waals surface area contributed by atoms with Gasteiger partial charge in [0, 0.05) is 6.08 Å². The number of carbonyl (C=O) groups is 1. The van der Waals surface area contributed by atoms with Crippen molar-refractivity contribution in [2.75, 3.05) is 6.61 Å². The maximum Gasteiger partial charge on any atom is 0.330 e. The monoisotopic (exact) mass is 192 g/mol. The smallest absolute Gasteiger partial charge is 0.330 e. The summed E-state index contributed by atoms with van der Waals surface area (Å²) in [4.78, 5) is 10.2. The summed E-state index contributed by atoms with van der Waals surface area (Å²) in [5.74, 6) is -0.412. The molecule has 0 saturated heterocycles. The second-order valence-electron chi connectivity index (χ2n) is 1.12. The molecule has 0 radical (unpaired) electrons. The van der Waals surface area contributed by atoms with Crippen molar-refractivity contribution >= 4 is 23.0 Å². The lowest BCUT2D eigenvalue weighted by atomic mass is 10.6. The molecular weight excluding hydrogens is 184 g/mol. The fraction of sp³-hybridized carbons (Fsp3) is 0.167. The van der Waals surface area contributed by atoms with Crippen molar-refractivity contribution in [2.24, 2.45) is 0 Å². The van der Waals surface area contributed by atoms with Crippen LogP contribution in [0.5, 0.6) is 0 Å². The zero-order chi connectivity index (χ0) is 6.41. The molecule has 0 amide bonds. The lowest BCUT2D eigenvalue weighted by Crippen LogP contribution is -1.98. The van der Waals surface area contributed by atoms with Crippen LogP contribution in [0.4, 0.5) is 0 Å². The molecule has 0 heterocycles. The molecule has 0 rings (SSSR count). The maximum absolute atomic E-state index is 10.2. The van der Waals surface area contributed by atoms with E-state index in [0.29, 0.717) is 0 Å². The van der Waals surface area contributed by atoms with Crippen LogP contribution >= 0.6 is 17.0 Å². The van der Waals surface area contributed by atoms with Crippen LogP contribution in [0.25, 0.3) is 0 Å². The van der Waals surface area contributed by atoms with E-state index in [1.807, 2.05) is 0 Å². The Morgan fingerprint density at radius 3 is 2.44 bits per heavy atom. The molecule has 0 aromatic carbocycles. The van der Waals surface area contributed by atoms with E-state index in [1.165, 1.54) is 6.08 Å². The van der Waals surface area contributed by atoms with Gasteiger partial charge in [0.2, 0.25) is 0 Å². The quantitative estimate of drug-likeness (QED) is 0.385. The zero-order valence-corrected chi connectivity index (χ0v) is 6.71. The predicted molar refractivity (Wildman–Crippen MR) is 41.7 cm³/mol. The first-order chi connectivity index (χ1) is 3.81. The molecule has 3 heteroatoms. The van der Waals surface area contributed by atoms with Gasteiger partial charge in [0.15, 0.2) is 0 Å². The van der Waals surface area contributed by atoms with E-state index >= 15 is 0 Å². The Hall–Kier alpha value is -0.570. The minimum Gasteiger partial charge on any atom is -0.458 e. The number of halogens is 1. The van der Waals surface area contributed by atoms with Crippen molar-refractivity contribution < 1.29 is 9.53 Å². The largest absolute Gasteiger partial charge is 0.458 e. The highest BCUT2D eigenvalue weighted by Gasteiger charge is 1.87. The molecule has 0 unspecified atom stereocenters. The molecule has 9 heavy (non-hydrogen) atoms. The Labute approximate surface area is 65.0 Å². The van der Waals surface area contributed by atoms with Gasteiger partial charge in [0.25, 0.3) is 0 Å². The van der Waals surface area contributed by atoms with Gasteiger partial charge in [-0.25, -0.2) is 4.79 Å². The summed E-state index contributed by atoms with van der Waals surface area (Å²) in [5.41, 5.74) is 0. The van der Waals surface area contributed by atoms with E-state index in [9.17, 15) is 4.79 Å². The molecule has 0 atom stereocenters. The van der Waals surface area contributed by atoms with Gasteiger partial charge in [-0.15, -0.1) is 17.0 Å². The van der Waals surface area contributed by atoms with Gasteiger partial charge >= 0.3 is 5.97 Å². The molecule has 0 aliphatic rings. The third-order valence-electron chi connectivity index (χ3n) is 0.510. The highest BCUT2D eigenvalue weighted by Crippen LogP contribution is 1.77. The van der Waals surface area contributed by atoms with Crippen LogP contribution in [0.2, 0.25) is 0 Å². The summed E-state index contributed by atoms with van der Waals surface area (Å²) in [5, 5.41) is 0. The summed E-state index contributed by atoms with van der Waals surface area (Å²) in [6.45, 7) is 6.81. The molecule has 0 bridgehead atoms. The van der Waals surface area contributed by atoms with Crippen molar-refractivity contribution in [1.82, 2.24) is 0 Å². The van der Waals surface area contributed by atoms with Crippen molar-refractivity contribution in [3.05, 3.63) is 25.3 Å². The second-order valence-corrected chi connectivity index (χ2v) is 1.12. The number of hydrogen-bond acceptors (Lipinski definition) is 2. The maximum atomic E-state index is 10.2. The fourth-order valence-corrected chi connectivity index (χ4v) is 0.200. The molecular formula is C6H9BrO2. The Bertz CT molecular complexity index is 110. The second kappa shape index (κ2) is 7.43. The first kappa shape index (κ1) is 11.3. The van der Waals surface area contributed by atoms with E-state index in [-0.39, 0.29) is 23.6 Å². The predicted octanol–water partition coefficient (Wildman–Crippen LogP) is 1.48. The van der Waals surface area contributed by atoms with Gasteiger partial charge in [-0.3, -0.25) is 0 Å². The van der Waals surface area contributed by atoms with Gasteiger partial charge < -0.3 is 4.74 Å². The standard InChI is InChI=1S/C6H8O2.BrH/c1-3-5-8-6(7)4-2;/h3-4H,1-2,5H2;1H. The number of esters is 1. The van der Waals surface area contributed by atoms with E-state index < -0.39 is 5.97 Å². The van der Waals surface area contributed by atoms with Crippen LogP contribution in [0.3, 0.4) is 0 Å². The first-order valence-corrected chi connectivity index (χ1v) is 2.21. The number of ether oxygens (including phenoxy) is 1. The summed E-state index contributed by atoms with van der Waals surface area (Å²) in [7, 11) is 0. The molecule has 0 saturated carbocycles. The summed E-state index contributed by atoms with van der Waals surface area (Å²) < 4.78 is 4.47. The summed E-state index contributed by atoms with van der Waals surface area (Å²) >= 11 is 0. The number of rotatable bonds is 3. The van der Waals surface area contributed by atoms with E-state index in [1.54, 1.807) is 0 Å². The lowest BCUT2D eigenvalue weighted by molar-refractivity contribution is -0.136. The van der Waals surface area contributed by atoms with Crippen LogP contribution in [0.1, 0.15) is 0 Å². The minimum atomic E-state index is -0.412. The van der Waals surface area contributed by atoms with Crippen molar-refractivity contribution in [1.29, 1.82) is 0 Å². The zero-order valence-electron chi connectivity index (χ0n) is 5.00. The molecule has 0 aromatic rings. The van der Waals surface area contributed by atoms with E-state index in [2.05, 4.69) is 17.9 Å². The topological polar surface area (TPSA) is 26.3 Å². The first-order valence-electron chi connectivity index (χ1n) is 2.21. The highest BCUT2D eigenvalue weighted by molar-refractivity contribution is 8.93. The van der Waals surface area contributed by atoms with E-state index in [0.717, 1.165) is 6.08 Å². The molecule has 52 valence electrons. The normalized spacial score (nSPS) is 6.67. The van der Waals surface area contributed by atoms with Crippen LogP contribution in [-0.2, 0) is 9.53 Å². The van der Waals surface area contributed by atoms with Gasteiger partial charge in [-0.05, 0) is 0 Å². The Kier molecular flexibility index (Phi) is 9.29. The molecule has 0 fully saturated rings. The summed E-state index contributed by atoms with van der Waals surface area (Å²) in [6.07, 6.45) is 2.62. The molecule has 0 aliphatic carbocycles. The Morgan fingerprint density at radius 2 is 2.11 bits per heavy atom. The van der Waals surface area contributed by atoms with Crippen LogP contribution in [0.15, 0.2) is 25.3 Å². The molecule has 0 aliphatic heterocycles. The third-order valence-corrected chi connectivity index (χ3v) is 0.510. The van der Waals surface area contributed by atoms with Gasteiger partial charge in [0.05, 0.1) is 0 Å². The Balaban J connectivity index is 0. The highest BCUT2D eigenvalue weighted by atomic mass is 79.9. The Morgan fingerprint density at radius 1 is 1.56 bits per heavy atom. The van der Waals surface area contributed by atoms with Crippen molar-refractivity contribution in [3.63, 3.8) is 0 Å². The van der Waals surface area contributed by atoms with Crippen molar-refractivity contribution in [2.45, 2.75) is 0 Å². The number of hydrogen-bond donors (Lipinski definition) is 0.